The molecule has 1 heterocycles. The van der Waals surface area contributed by atoms with E-state index in [9.17, 15) is 4.79 Å². The fourth-order valence-corrected chi connectivity index (χ4v) is 2.67. The molecule has 3 rings (SSSR count). The number of hydrogen-bond acceptors (Lipinski definition) is 6. The Hall–Kier alpha value is -3.61. The number of ether oxygens (including phenoxy) is 1. The minimum atomic E-state index is -0.300. The molecule has 0 saturated heterocycles. The van der Waals surface area contributed by atoms with Gasteiger partial charge in [-0.25, -0.2) is 9.97 Å². The summed E-state index contributed by atoms with van der Waals surface area (Å²) in [5, 5.41) is 6.05. The van der Waals surface area contributed by atoms with Gasteiger partial charge < -0.3 is 20.3 Å². The van der Waals surface area contributed by atoms with Gasteiger partial charge >= 0.3 is 0 Å². The first-order valence-corrected chi connectivity index (χ1v) is 8.81. The SMILES string of the molecule is COc1ccccc1Nc1cc(C(=O)Nc2ccc(N(C)C)cc2)nc(C)n1. The molecular weight excluding hydrogens is 354 g/mol. The van der Waals surface area contributed by atoms with Gasteiger partial charge in [-0.05, 0) is 43.3 Å². The van der Waals surface area contributed by atoms with E-state index >= 15 is 0 Å². The van der Waals surface area contributed by atoms with Crippen molar-refractivity contribution in [3.63, 3.8) is 0 Å². The summed E-state index contributed by atoms with van der Waals surface area (Å²) in [6.45, 7) is 1.75. The highest BCUT2D eigenvalue weighted by molar-refractivity contribution is 6.03. The van der Waals surface area contributed by atoms with Crippen LogP contribution in [0.5, 0.6) is 5.75 Å². The van der Waals surface area contributed by atoms with Gasteiger partial charge in [0.05, 0.1) is 12.8 Å². The van der Waals surface area contributed by atoms with E-state index in [1.165, 1.54) is 0 Å². The standard InChI is InChI=1S/C21H23N5O2/c1-14-22-18(21(27)24-15-9-11-16(12-10-15)26(2)3)13-20(23-14)25-17-7-5-6-8-19(17)28-4/h5-13H,1-4H3,(H,24,27)(H,22,23,25). The molecule has 0 saturated carbocycles. The maximum Gasteiger partial charge on any atom is 0.274 e. The van der Waals surface area contributed by atoms with Gasteiger partial charge in [0.2, 0.25) is 0 Å². The zero-order valence-electron chi connectivity index (χ0n) is 16.4. The van der Waals surface area contributed by atoms with E-state index in [4.69, 9.17) is 4.74 Å². The Labute approximate surface area is 164 Å². The maximum absolute atomic E-state index is 12.6. The number of amides is 1. The van der Waals surface area contributed by atoms with E-state index < -0.39 is 0 Å². The molecular formula is C21H23N5O2. The van der Waals surface area contributed by atoms with Crippen LogP contribution in [0.2, 0.25) is 0 Å². The van der Waals surface area contributed by atoms with Crippen LogP contribution in [0, 0.1) is 6.92 Å². The van der Waals surface area contributed by atoms with Crippen molar-refractivity contribution in [2.45, 2.75) is 6.92 Å². The Bertz CT molecular complexity index is 971. The number of carbonyl (C=O) groups excluding carboxylic acids is 1. The van der Waals surface area contributed by atoms with Gasteiger partial charge in [-0.2, -0.15) is 0 Å². The highest BCUT2D eigenvalue weighted by atomic mass is 16.5. The van der Waals surface area contributed by atoms with E-state index in [1.54, 1.807) is 20.1 Å². The average Bonchev–Trinajstić information content (AvgIpc) is 2.68. The Morgan fingerprint density at radius 3 is 2.43 bits per heavy atom. The summed E-state index contributed by atoms with van der Waals surface area (Å²) in [5.41, 5.74) is 2.79. The molecule has 3 aromatic rings. The summed E-state index contributed by atoms with van der Waals surface area (Å²) in [7, 11) is 5.53. The van der Waals surface area contributed by atoms with Gasteiger partial charge in [0, 0.05) is 31.5 Å². The van der Waals surface area contributed by atoms with Crippen molar-refractivity contribution in [3.05, 3.63) is 66.1 Å². The molecule has 0 radical (unpaired) electrons. The number of hydrogen-bond donors (Lipinski definition) is 2. The Morgan fingerprint density at radius 2 is 1.75 bits per heavy atom. The third kappa shape index (κ3) is 4.56. The molecule has 144 valence electrons. The summed E-state index contributed by atoms with van der Waals surface area (Å²) < 4.78 is 5.34. The van der Waals surface area contributed by atoms with Gasteiger partial charge in [-0.15, -0.1) is 0 Å². The fraction of sp³-hybridized carbons (Fsp3) is 0.190. The molecule has 0 fully saturated rings. The molecule has 0 aliphatic carbocycles. The Kier molecular flexibility index (Phi) is 5.74. The zero-order valence-corrected chi connectivity index (χ0v) is 16.4. The quantitative estimate of drug-likeness (QED) is 0.679. The molecule has 28 heavy (non-hydrogen) atoms. The normalized spacial score (nSPS) is 10.3. The van der Waals surface area contributed by atoms with Crippen molar-refractivity contribution in [2.24, 2.45) is 0 Å². The Balaban J connectivity index is 1.79. The molecule has 7 nitrogen and oxygen atoms in total. The predicted molar refractivity (Wildman–Crippen MR) is 112 cm³/mol. The second kappa shape index (κ2) is 8.39. The lowest BCUT2D eigenvalue weighted by Gasteiger charge is -2.13. The van der Waals surface area contributed by atoms with Crippen LogP contribution in [-0.4, -0.2) is 37.1 Å². The first-order valence-electron chi connectivity index (χ1n) is 8.81. The monoisotopic (exact) mass is 377 g/mol. The van der Waals surface area contributed by atoms with E-state index in [-0.39, 0.29) is 11.6 Å². The summed E-state index contributed by atoms with van der Waals surface area (Å²) in [4.78, 5) is 23.3. The number of methoxy groups -OCH3 is 1. The topological polar surface area (TPSA) is 79.4 Å². The number of aromatic nitrogens is 2. The van der Waals surface area contributed by atoms with E-state index in [1.807, 2.05) is 67.5 Å². The lowest BCUT2D eigenvalue weighted by Crippen LogP contribution is -2.15. The molecule has 0 bridgehead atoms. The first kappa shape index (κ1) is 19.2. The highest BCUT2D eigenvalue weighted by Gasteiger charge is 2.12. The second-order valence-electron chi connectivity index (χ2n) is 6.41. The van der Waals surface area contributed by atoms with Gasteiger partial charge in [-0.3, -0.25) is 4.79 Å². The number of para-hydroxylation sites is 2. The minimum Gasteiger partial charge on any atom is -0.495 e. The van der Waals surface area contributed by atoms with Crippen molar-refractivity contribution < 1.29 is 9.53 Å². The summed E-state index contributed by atoms with van der Waals surface area (Å²) in [6, 6.07) is 16.7. The number of rotatable bonds is 6. The molecule has 2 N–H and O–H groups in total. The zero-order chi connectivity index (χ0) is 20.1. The van der Waals surface area contributed by atoms with E-state index in [0.29, 0.717) is 23.1 Å². The molecule has 2 aromatic carbocycles. The Morgan fingerprint density at radius 1 is 1.04 bits per heavy atom. The van der Waals surface area contributed by atoms with Gasteiger partial charge in [0.25, 0.3) is 5.91 Å². The molecule has 7 heteroatoms. The van der Waals surface area contributed by atoms with Gasteiger partial charge in [-0.1, -0.05) is 12.1 Å². The fourth-order valence-electron chi connectivity index (χ4n) is 2.67. The van der Waals surface area contributed by atoms with Crippen LogP contribution in [0.4, 0.5) is 22.9 Å². The van der Waals surface area contributed by atoms with Crippen LogP contribution in [0.25, 0.3) is 0 Å². The van der Waals surface area contributed by atoms with E-state index in [2.05, 4.69) is 20.6 Å². The number of carbonyl (C=O) groups is 1. The predicted octanol–water partition coefficient (Wildman–Crippen LogP) is 3.86. The molecule has 0 atom stereocenters. The number of nitrogens with zero attached hydrogens (tertiary/aromatic N) is 3. The second-order valence-corrected chi connectivity index (χ2v) is 6.41. The molecule has 0 unspecified atom stereocenters. The van der Waals surface area contributed by atoms with Crippen LogP contribution >= 0.6 is 0 Å². The van der Waals surface area contributed by atoms with Crippen molar-refractivity contribution >= 4 is 28.8 Å². The average molecular weight is 377 g/mol. The molecule has 1 aromatic heterocycles. The number of anilines is 4. The third-order valence-electron chi connectivity index (χ3n) is 4.08. The summed E-state index contributed by atoms with van der Waals surface area (Å²) in [5.74, 6) is 1.40. The number of aryl methyl sites for hydroxylation is 1. The van der Waals surface area contributed by atoms with Crippen molar-refractivity contribution in [1.82, 2.24) is 9.97 Å². The molecule has 0 spiro atoms. The van der Waals surface area contributed by atoms with Crippen LogP contribution < -0.4 is 20.3 Å². The number of nitrogens with one attached hydrogen (secondary N) is 2. The van der Waals surface area contributed by atoms with Gasteiger partial charge in [0.1, 0.15) is 23.1 Å². The largest absolute Gasteiger partial charge is 0.495 e. The molecule has 0 aliphatic heterocycles. The lowest BCUT2D eigenvalue weighted by atomic mass is 10.2. The number of benzene rings is 2. The highest BCUT2D eigenvalue weighted by Crippen LogP contribution is 2.26. The van der Waals surface area contributed by atoms with Crippen LogP contribution in [0.1, 0.15) is 16.3 Å². The first-order chi connectivity index (χ1) is 13.5. The lowest BCUT2D eigenvalue weighted by molar-refractivity contribution is 0.102. The van der Waals surface area contributed by atoms with E-state index in [0.717, 1.165) is 11.4 Å². The molecule has 0 aliphatic rings. The van der Waals surface area contributed by atoms with Crippen LogP contribution in [0.15, 0.2) is 54.6 Å². The molecule has 1 amide bonds. The summed E-state index contributed by atoms with van der Waals surface area (Å²) >= 11 is 0. The third-order valence-corrected chi connectivity index (χ3v) is 4.08. The minimum absolute atomic E-state index is 0.279. The van der Waals surface area contributed by atoms with Crippen molar-refractivity contribution in [1.29, 1.82) is 0 Å². The van der Waals surface area contributed by atoms with Crippen LogP contribution in [0.3, 0.4) is 0 Å². The van der Waals surface area contributed by atoms with Gasteiger partial charge in [0.15, 0.2) is 0 Å². The van der Waals surface area contributed by atoms with Crippen molar-refractivity contribution in [2.75, 3.05) is 36.7 Å². The maximum atomic E-state index is 12.6. The smallest absolute Gasteiger partial charge is 0.274 e. The van der Waals surface area contributed by atoms with Crippen LogP contribution in [-0.2, 0) is 0 Å². The van der Waals surface area contributed by atoms with Crippen molar-refractivity contribution in [3.8, 4) is 5.75 Å². The summed E-state index contributed by atoms with van der Waals surface area (Å²) in [6.07, 6.45) is 0.